The maximum Gasteiger partial charge on any atom is 0.483 e. The van der Waals surface area contributed by atoms with Crippen LogP contribution in [0.3, 0.4) is 0 Å². The van der Waals surface area contributed by atoms with Crippen molar-refractivity contribution in [2.75, 3.05) is 14.2 Å². The molecule has 0 N–H and O–H groups in total. The fourth-order valence-electron chi connectivity index (χ4n) is 2.36. The number of hydrogen-bond donors (Lipinski definition) is 0. The minimum atomic E-state index is -1.99. The largest absolute Gasteiger partial charge is 0.483 e. The Balaban J connectivity index is 2.19. The van der Waals surface area contributed by atoms with Gasteiger partial charge in [0.15, 0.2) is 0 Å². The highest BCUT2D eigenvalue weighted by Crippen LogP contribution is 2.18. The van der Waals surface area contributed by atoms with Gasteiger partial charge in [0.05, 0.1) is 0 Å². The normalized spacial score (nSPS) is 12.8. The lowest BCUT2D eigenvalue weighted by Gasteiger charge is -2.17. The van der Waals surface area contributed by atoms with Crippen molar-refractivity contribution in [2.45, 2.75) is 51.6 Å². The van der Waals surface area contributed by atoms with Gasteiger partial charge in [-0.15, -0.1) is 0 Å². The van der Waals surface area contributed by atoms with Gasteiger partial charge in [0, 0.05) is 38.0 Å². The molecule has 1 aromatic carbocycles. The van der Waals surface area contributed by atoms with Crippen molar-refractivity contribution in [3.8, 4) is 0 Å². The third-order valence-electron chi connectivity index (χ3n) is 3.62. The van der Waals surface area contributed by atoms with E-state index in [-0.39, 0.29) is 18.1 Å². The molecule has 132 valence electrons. The Bertz CT molecular complexity index is 447. The van der Waals surface area contributed by atoms with Crippen molar-refractivity contribution in [2.24, 2.45) is 0 Å². The first kappa shape index (κ1) is 20.2. The fourth-order valence-corrected chi connectivity index (χ4v) is 3.29. The van der Waals surface area contributed by atoms with E-state index < -0.39 is 27.0 Å². The summed E-state index contributed by atoms with van der Waals surface area (Å²) >= 11 is 0. The number of rotatable bonds is 11. The van der Waals surface area contributed by atoms with Gasteiger partial charge in [-0.3, -0.25) is 0 Å². The van der Waals surface area contributed by atoms with Gasteiger partial charge >= 0.3 is 9.53 Å². The second-order valence-corrected chi connectivity index (χ2v) is 7.30. The molecule has 0 saturated heterocycles. The van der Waals surface area contributed by atoms with E-state index in [1.165, 1.54) is 0 Å². The van der Waals surface area contributed by atoms with Gasteiger partial charge in [0.1, 0.15) is 17.5 Å². The van der Waals surface area contributed by atoms with Crippen LogP contribution < -0.4 is 0 Å². The number of hydrogen-bond acceptors (Lipinski definition) is 3. The molecule has 3 nitrogen and oxygen atoms in total. The average Bonchev–Trinajstić information content (AvgIpc) is 2.50. The van der Waals surface area contributed by atoms with Crippen molar-refractivity contribution >= 4 is 9.53 Å². The molecule has 0 aliphatic carbocycles. The molecule has 1 unspecified atom stereocenters. The summed E-state index contributed by atoms with van der Waals surface area (Å²) in [5.74, 6) is -2.49. The van der Waals surface area contributed by atoms with E-state index >= 15 is 0 Å². The van der Waals surface area contributed by atoms with Crippen molar-refractivity contribution in [1.82, 2.24) is 0 Å². The average molecular weight is 350 g/mol. The first-order chi connectivity index (χ1) is 11.0. The Hall–Kier alpha value is -0.893. The monoisotopic (exact) mass is 350 g/mol. The highest BCUT2D eigenvalue weighted by Gasteiger charge is 2.15. The molecule has 23 heavy (non-hydrogen) atoms. The molecular weight excluding hydrogens is 325 g/mol. The third-order valence-corrected chi connectivity index (χ3v) is 5.08. The van der Waals surface area contributed by atoms with E-state index in [1.54, 1.807) is 14.2 Å². The van der Waals surface area contributed by atoms with E-state index in [2.05, 4.69) is 0 Å². The molecule has 1 rings (SSSR count). The maximum atomic E-state index is 13.5. The van der Waals surface area contributed by atoms with E-state index in [0.717, 1.165) is 37.8 Å². The van der Waals surface area contributed by atoms with Crippen molar-refractivity contribution < 1.29 is 26.4 Å². The molecule has 0 radical (unpaired) electrons. The van der Waals surface area contributed by atoms with Gasteiger partial charge in [0.2, 0.25) is 0 Å². The molecule has 0 aromatic heterocycles. The SMILES string of the molecule is CO[SiH](OC)OC(C)CCCCCCc1c(F)cc(F)cc1F. The van der Waals surface area contributed by atoms with Crippen LogP contribution in [0.1, 0.15) is 44.6 Å². The first-order valence-electron chi connectivity index (χ1n) is 7.82. The summed E-state index contributed by atoms with van der Waals surface area (Å²) in [6.07, 6.45) is 4.68. The molecule has 0 fully saturated rings. The smallest absolute Gasteiger partial charge is 0.379 e. The van der Waals surface area contributed by atoms with Crippen LogP contribution in [0.2, 0.25) is 0 Å². The summed E-state index contributed by atoms with van der Waals surface area (Å²) in [6.45, 7) is 1.97. The molecule has 0 saturated carbocycles. The Morgan fingerprint density at radius 1 is 0.957 bits per heavy atom. The van der Waals surface area contributed by atoms with Gasteiger partial charge in [-0.1, -0.05) is 19.3 Å². The topological polar surface area (TPSA) is 27.7 Å². The van der Waals surface area contributed by atoms with Gasteiger partial charge in [-0.25, -0.2) is 13.2 Å². The van der Waals surface area contributed by atoms with Crippen LogP contribution in [0.25, 0.3) is 0 Å². The zero-order valence-electron chi connectivity index (χ0n) is 13.9. The zero-order valence-corrected chi connectivity index (χ0v) is 15.1. The summed E-state index contributed by atoms with van der Waals surface area (Å²) in [5.41, 5.74) is -0.0304. The highest BCUT2D eigenvalue weighted by atomic mass is 28.3. The standard InChI is InChI=1S/C16H25F3O3Si/c1-12(22-23(20-2)21-3)8-6-4-5-7-9-14-15(18)10-13(17)11-16(14)19/h10-12,23H,4-9H2,1-3H3. The second-order valence-electron chi connectivity index (χ2n) is 5.51. The Labute approximate surface area is 137 Å². The van der Waals surface area contributed by atoms with E-state index in [1.807, 2.05) is 6.92 Å². The fraction of sp³-hybridized carbons (Fsp3) is 0.625. The molecular formula is C16H25F3O3Si. The minimum Gasteiger partial charge on any atom is -0.379 e. The minimum absolute atomic E-state index is 0.0304. The van der Waals surface area contributed by atoms with Crippen molar-refractivity contribution in [1.29, 1.82) is 0 Å². The zero-order chi connectivity index (χ0) is 17.2. The van der Waals surface area contributed by atoms with Crippen LogP contribution in [-0.2, 0) is 19.7 Å². The molecule has 0 heterocycles. The number of benzene rings is 1. The molecule has 0 bridgehead atoms. The van der Waals surface area contributed by atoms with Crippen LogP contribution in [0.5, 0.6) is 0 Å². The summed E-state index contributed by atoms with van der Waals surface area (Å²) < 4.78 is 55.5. The lowest BCUT2D eigenvalue weighted by molar-refractivity contribution is 0.0892. The van der Waals surface area contributed by atoms with E-state index in [9.17, 15) is 13.2 Å². The molecule has 0 aliphatic rings. The first-order valence-corrected chi connectivity index (χ1v) is 9.23. The Kier molecular flexibility index (Phi) is 9.46. The molecule has 0 amide bonds. The quantitative estimate of drug-likeness (QED) is 0.446. The summed E-state index contributed by atoms with van der Waals surface area (Å²) in [7, 11) is 1.15. The number of unbranched alkanes of at least 4 members (excludes halogenated alkanes) is 3. The third kappa shape index (κ3) is 7.47. The Morgan fingerprint density at radius 3 is 2.09 bits per heavy atom. The van der Waals surface area contributed by atoms with Crippen LogP contribution in [0.4, 0.5) is 13.2 Å². The second kappa shape index (κ2) is 10.8. The summed E-state index contributed by atoms with van der Waals surface area (Å²) in [4.78, 5) is 0. The van der Waals surface area contributed by atoms with E-state index in [4.69, 9.17) is 13.3 Å². The molecule has 7 heteroatoms. The summed E-state index contributed by atoms with van der Waals surface area (Å²) in [5, 5.41) is 0. The highest BCUT2D eigenvalue weighted by molar-refractivity contribution is 6.36. The molecule has 0 aliphatic heterocycles. The van der Waals surface area contributed by atoms with Crippen LogP contribution in [0, 0.1) is 17.5 Å². The predicted molar refractivity (Wildman–Crippen MR) is 84.8 cm³/mol. The van der Waals surface area contributed by atoms with Crippen LogP contribution in [-0.4, -0.2) is 29.9 Å². The molecule has 0 spiro atoms. The van der Waals surface area contributed by atoms with Gasteiger partial charge in [-0.05, 0) is 26.2 Å². The van der Waals surface area contributed by atoms with Crippen molar-refractivity contribution in [3.05, 3.63) is 35.1 Å². The molecule has 1 atom stereocenters. The predicted octanol–water partition coefficient (Wildman–Crippen LogP) is 4.01. The lowest BCUT2D eigenvalue weighted by Crippen LogP contribution is -2.28. The van der Waals surface area contributed by atoms with Crippen molar-refractivity contribution in [3.63, 3.8) is 0 Å². The molecule has 1 aromatic rings. The Morgan fingerprint density at radius 2 is 1.52 bits per heavy atom. The van der Waals surface area contributed by atoms with Crippen LogP contribution >= 0.6 is 0 Å². The van der Waals surface area contributed by atoms with Gasteiger partial charge in [0.25, 0.3) is 0 Å². The van der Waals surface area contributed by atoms with Gasteiger partial charge in [-0.2, -0.15) is 0 Å². The van der Waals surface area contributed by atoms with Crippen LogP contribution in [0.15, 0.2) is 12.1 Å². The number of halogens is 3. The maximum absolute atomic E-state index is 13.5. The van der Waals surface area contributed by atoms with Gasteiger partial charge < -0.3 is 13.3 Å². The van der Waals surface area contributed by atoms with E-state index in [0.29, 0.717) is 6.42 Å². The lowest BCUT2D eigenvalue weighted by atomic mass is 10.0. The summed E-state index contributed by atoms with van der Waals surface area (Å²) in [6, 6.07) is 1.45.